The lowest BCUT2D eigenvalue weighted by Gasteiger charge is -1.98. The zero-order valence-electron chi connectivity index (χ0n) is 6.18. The minimum Gasteiger partial charge on any atom is -0.469 e. The van der Waals surface area contributed by atoms with Crippen LogP contribution in [0.25, 0.3) is 0 Å². The molecule has 0 amide bonds. The molecule has 0 aliphatic heterocycles. The monoisotopic (exact) mass is 138 g/mol. The van der Waals surface area contributed by atoms with E-state index >= 15 is 0 Å². The molecule has 0 radical (unpaired) electrons. The number of hydrogen-bond donors (Lipinski definition) is 0. The number of esters is 1. The fraction of sp³-hybridized carbons (Fsp3) is 0.625. The van der Waals surface area contributed by atoms with Crippen molar-refractivity contribution < 1.29 is 9.53 Å². The molecule has 0 heterocycles. The first-order valence-corrected chi connectivity index (χ1v) is 3.19. The van der Waals surface area contributed by atoms with E-state index in [0.29, 0.717) is 0 Å². The first kappa shape index (κ1) is 7.14. The molecule has 1 rings (SSSR count). The highest BCUT2D eigenvalue weighted by Crippen LogP contribution is 2.51. The van der Waals surface area contributed by atoms with Crippen molar-refractivity contribution in [3.63, 3.8) is 0 Å². The van der Waals surface area contributed by atoms with Gasteiger partial charge in [-0.15, -0.1) is 6.42 Å². The second kappa shape index (κ2) is 2.02. The van der Waals surface area contributed by atoms with E-state index in [2.05, 4.69) is 10.7 Å². The van der Waals surface area contributed by atoms with E-state index in [0.717, 1.165) is 6.42 Å². The Morgan fingerprint density at radius 2 is 2.50 bits per heavy atom. The highest BCUT2D eigenvalue weighted by Gasteiger charge is 2.54. The smallest absolute Gasteiger partial charge is 0.310 e. The number of methoxy groups -OCH3 is 1. The lowest BCUT2D eigenvalue weighted by atomic mass is 10.1. The van der Waals surface area contributed by atoms with Gasteiger partial charge >= 0.3 is 5.97 Å². The van der Waals surface area contributed by atoms with Crippen LogP contribution in [-0.2, 0) is 9.53 Å². The first-order chi connectivity index (χ1) is 4.64. The summed E-state index contributed by atoms with van der Waals surface area (Å²) in [6.45, 7) is 1.90. The maximum absolute atomic E-state index is 10.8. The quantitative estimate of drug-likeness (QED) is 0.396. The summed E-state index contributed by atoms with van der Waals surface area (Å²) in [5.41, 5.74) is -0.215. The van der Waals surface area contributed by atoms with Crippen LogP contribution in [0.15, 0.2) is 0 Å². The molecule has 1 fully saturated rings. The molecule has 0 aromatic carbocycles. The third-order valence-corrected chi connectivity index (χ3v) is 2.05. The summed E-state index contributed by atoms with van der Waals surface area (Å²) in [6.07, 6.45) is 5.97. The molecule has 0 aromatic rings. The highest BCUT2D eigenvalue weighted by molar-refractivity contribution is 5.77. The average molecular weight is 138 g/mol. The minimum atomic E-state index is -0.215. The number of carbonyl (C=O) groups is 1. The van der Waals surface area contributed by atoms with Crippen LogP contribution in [0.5, 0.6) is 0 Å². The fourth-order valence-corrected chi connectivity index (χ4v) is 1.01. The van der Waals surface area contributed by atoms with E-state index in [9.17, 15) is 4.79 Å². The molecule has 10 heavy (non-hydrogen) atoms. The molecule has 0 aromatic heterocycles. The van der Waals surface area contributed by atoms with Crippen LogP contribution in [0.2, 0.25) is 0 Å². The van der Waals surface area contributed by atoms with Gasteiger partial charge in [-0.3, -0.25) is 4.79 Å². The van der Waals surface area contributed by atoms with Crippen LogP contribution in [0.4, 0.5) is 0 Å². The fourth-order valence-electron chi connectivity index (χ4n) is 1.01. The number of hydrogen-bond acceptors (Lipinski definition) is 2. The van der Waals surface area contributed by atoms with Crippen molar-refractivity contribution in [1.29, 1.82) is 0 Å². The first-order valence-electron chi connectivity index (χ1n) is 3.19. The Morgan fingerprint density at radius 3 is 2.80 bits per heavy atom. The molecule has 2 atom stereocenters. The molecular formula is C8H10O2. The molecule has 2 heteroatoms. The second-order valence-corrected chi connectivity index (χ2v) is 2.84. The average Bonchev–Trinajstić information content (AvgIpc) is 2.62. The van der Waals surface area contributed by atoms with E-state index in [-0.39, 0.29) is 17.3 Å². The van der Waals surface area contributed by atoms with Gasteiger partial charge in [0.15, 0.2) is 0 Å². The molecule has 0 unspecified atom stereocenters. The van der Waals surface area contributed by atoms with Crippen LogP contribution < -0.4 is 0 Å². The molecule has 0 bridgehead atoms. The molecule has 2 nitrogen and oxygen atoms in total. The number of ether oxygens (including phenoxy) is 1. The van der Waals surface area contributed by atoms with Gasteiger partial charge in [0, 0.05) is 5.41 Å². The lowest BCUT2D eigenvalue weighted by molar-refractivity contribution is -0.142. The molecule has 0 saturated heterocycles. The van der Waals surface area contributed by atoms with E-state index in [1.807, 2.05) is 6.92 Å². The zero-order valence-corrected chi connectivity index (χ0v) is 6.18. The molecule has 0 spiro atoms. The molecule has 54 valence electrons. The van der Waals surface area contributed by atoms with Gasteiger partial charge in [0.05, 0.1) is 13.0 Å². The summed E-state index contributed by atoms with van der Waals surface area (Å²) in [5.74, 6) is 2.35. The van der Waals surface area contributed by atoms with Gasteiger partial charge in [-0.1, -0.05) is 5.92 Å². The largest absolute Gasteiger partial charge is 0.469 e. The van der Waals surface area contributed by atoms with Crippen molar-refractivity contribution in [1.82, 2.24) is 0 Å². The summed E-state index contributed by atoms with van der Waals surface area (Å²) in [6, 6.07) is 0. The standard InChI is InChI=1S/C8H10O2/c1-4-8(2)5-6(8)7(9)10-3/h1,6H,5H2,2-3H3/t6-,8-/m1/s1. The van der Waals surface area contributed by atoms with Crippen LogP contribution >= 0.6 is 0 Å². The van der Waals surface area contributed by atoms with E-state index < -0.39 is 0 Å². The van der Waals surface area contributed by atoms with Crippen molar-refractivity contribution in [3.8, 4) is 12.3 Å². The highest BCUT2D eigenvalue weighted by atomic mass is 16.5. The van der Waals surface area contributed by atoms with Crippen molar-refractivity contribution in [2.75, 3.05) is 7.11 Å². The maximum atomic E-state index is 10.8. The van der Waals surface area contributed by atoms with Crippen molar-refractivity contribution >= 4 is 5.97 Å². The Morgan fingerprint density at radius 1 is 1.90 bits per heavy atom. The normalized spacial score (nSPS) is 36.3. The summed E-state index contributed by atoms with van der Waals surface area (Å²) < 4.78 is 4.54. The summed E-state index contributed by atoms with van der Waals surface area (Å²) >= 11 is 0. The van der Waals surface area contributed by atoms with Gasteiger partial charge < -0.3 is 4.74 Å². The number of rotatable bonds is 1. The third kappa shape index (κ3) is 0.881. The maximum Gasteiger partial charge on any atom is 0.310 e. The van der Waals surface area contributed by atoms with Gasteiger partial charge in [0.25, 0.3) is 0 Å². The molecule has 1 aliphatic carbocycles. The van der Waals surface area contributed by atoms with Gasteiger partial charge in [0.1, 0.15) is 0 Å². The number of carbonyl (C=O) groups excluding carboxylic acids is 1. The molecule has 1 saturated carbocycles. The Labute approximate surface area is 60.6 Å². The second-order valence-electron chi connectivity index (χ2n) is 2.84. The molecule has 0 N–H and O–H groups in total. The van der Waals surface area contributed by atoms with E-state index in [4.69, 9.17) is 6.42 Å². The lowest BCUT2D eigenvalue weighted by Crippen LogP contribution is -2.08. The summed E-state index contributed by atoms with van der Waals surface area (Å²) in [7, 11) is 1.39. The topological polar surface area (TPSA) is 26.3 Å². The Balaban J connectivity index is 2.54. The molecule has 1 aliphatic rings. The van der Waals surface area contributed by atoms with Gasteiger partial charge in [-0.2, -0.15) is 0 Å². The number of terminal acetylenes is 1. The van der Waals surface area contributed by atoms with Crippen molar-refractivity contribution in [2.45, 2.75) is 13.3 Å². The Hall–Kier alpha value is -0.970. The van der Waals surface area contributed by atoms with E-state index in [1.54, 1.807) is 0 Å². The summed E-state index contributed by atoms with van der Waals surface area (Å²) in [5, 5.41) is 0. The van der Waals surface area contributed by atoms with Crippen LogP contribution in [-0.4, -0.2) is 13.1 Å². The van der Waals surface area contributed by atoms with E-state index in [1.165, 1.54) is 7.11 Å². The van der Waals surface area contributed by atoms with Crippen LogP contribution in [0.1, 0.15) is 13.3 Å². The SMILES string of the molecule is C#C[C@]1(C)C[C@@H]1C(=O)OC. The zero-order chi connectivity index (χ0) is 7.78. The van der Waals surface area contributed by atoms with Crippen molar-refractivity contribution in [2.24, 2.45) is 11.3 Å². The molecular weight excluding hydrogens is 128 g/mol. The van der Waals surface area contributed by atoms with Gasteiger partial charge in [-0.25, -0.2) is 0 Å². The van der Waals surface area contributed by atoms with Crippen LogP contribution in [0, 0.1) is 23.7 Å². The Bertz CT molecular complexity index is 202. The van der Waals surface area contributed by atoms with Crippen LogP contribution in [0.3, 0.4) is 0 Å². The van der Waals surface area contributed by atoms with Gasteiger partial charge in [0.2, 0.25) is 0 Å². The Kier molecular flexibility index (Phi) is 1.44. The predicted molar refractivity (Wildman–Crippen MR) is 37.1 cm³/mol. The third-order valence-electron chi connectivity index (χ3n) is 2.05. The van der Waals surface area contributed by atoms with Crippen molar-refractivity contribution in [3.05, 3.63) is 0 Å². The predicted octanol–water partition coefficient (Wildman–Crippen LogP) is 0.819. The summed E-state index contributed by atoms with van der Waals surface area (Å²) in [4.78, 5) is 10.8. The minimum absolute atomic E-state index is 0.0532. The van der Waals surface area contributed by atoms with Gasteiger partial charge in [-0.05, 0) is 13.3 Å².